The van der Waals surface area contributed by atoms with Crippen LogP contribution in [-0.4, -0.2) is 23.4 Å². The predicted octanol–water partition coefficient (Wildman–Crippen LogP) is 2.83. The molecule has 0 aliphatic rings. The van der Waals surface area contributed by atoms with Gasteiger partial charge in [-0.15, -0.1) is 0 Å². The molecule has 0 saturated heterocycles. The van der Waals surface area contributed by atoms with E-state index >= 15 is 0 Å². The standard InChI is InChI=1S/2C6H14O/c2*1-6(2,3)4-5-7/h2*7H,4-5H2,1-3H3. The van der Waals surface area contributed by atoms with E-state index in [1.807, 2.05) is 0 Å². The predicted molar refractivity (Wildman–Crippen MR) is 62.3 cm³/mol. The van der Waals surface area contributed by atoms with Crippen molar-refractivity contribution in [2.45, 2.75) is 54.4 Å². The highest BCUT2D eigenvalue weighted by molar-refractivity contribution is 4.59. The van der Waals surface area contributed by atoms with Crippen LogP contribution < -0.4 is 0 Å². The van der Waals surface area contributed by atoms with Gasteiger partial charge in [0.1, 0.15) is 0 Å². The topological polar surface area (TPSA) is 40.5 Å². The molecule has 0 rings (SSSR count). The molecule has 14 heavy (non-hydrogen) atoms. The van der Waals surface area contributed by atoms with Gasteiger partial charge in [-0.2, -0.15) is 0 Å². The fraction of sp³-hybridized carbons (Fsp3) is 1.00. The second-order valence-corrected chi connectivity index (χ2v) is 6.07. The highest BCUT2D eigenvalue weighted by Crippen LogP contribution is 2.17. The monoisotopic (exact) mass is 204 g/mol. The smallest absolute Gasteiger partial charge is 0.0436 e. The summed E-state index contributed by atoms with van der Waals surface area (Å²) in [6.07, 6.45) is 1.79. The minimum atomic E-state index is 0.300. The summed E-state index contributed by atoms with van der Waals surface area (Å²) >= 11 is 0. The van der Waals surface area contributed by atoms with Crippen LogP contribution in [0.15, 0.2) is 0 Å². The second-order valence-electron chi connectivity index (χ2n) is 6.07. The molecule has 2 heteroatoms. The lowest BCUT2D eigenvalue weighted by molar-refractivity contribution is 0.224. The van der Waals surface area contributed by atoms with Crippen molar-refractivity contribution in [1.29, 1.82) is 0 Å². The van der Waals surface area contributed by atoms with Crippen LogP contribution in [0.2, 0.25) is 0 Å². The molecule has 2 nitrogen and oxygen atoms in total. The fourth-order valence-electron chi connectivity index (χ4n) is 0.671. The van der Waals surface area contributed by atoms with Crippen LogP contribution >= 0.6 is 0 Å². The van der Waals surface area contributed by atoms with Gasteiger partial charge in [-0.3, -0.25) is 0 Å². The van der Waals surface area contributed by atoms with Gasteiger partial charge >= 0.3 is 0 Å². The summed E-state index contributed by atoms with van der Waals surface area (Å²) < 4.78 is 0. The minimum Gasteiger partial charge on any atom is -0.396 e. The Morgan fingerprint density at radius 2 is 0.857 bits per heavy atom. The van der Waals surface area contributed by atoms with Crippen molar-refractivity contribution in [3.05, 3.63) is 0 Å². The molecule has 0 bridgehead atoms. The highest BCUT2D eigenvalue weighted by atomic mass is 16.3. The molecule has 0 aliphatic heterocycles. The van der Waals surface area contributed by atoms with Gasteiger partial charge in [0.15, 0.2) is 0 Å². The molecule has 0 heterocycles. The van der Waals surface area contributed by atoms with Crippen molar-refractivity contribution < 1.29 is 10.2 Å². The molecule has 0 unspecified atom stereocenters. The molecule has 0 saturated carbocycles. The number of aliphatic hydroxyl groups is 2. The number of hydrogen-bond acceptors (Lipinski definition) is 2. The molecule has 2 N–H and O–H groups in total. The second kappa shape index (κ2) is 7.24. The van der Waals surface area contributed by atoms with Crippen LogP contribution in [-0.2, 0) is 0 Å². The summed E-state index contributed by atoms with van der Waals surface area (Å²) in [5.41, 5.74) is 0.601. The Morgan fingerprint density at radius 3 is 0.857 bits per heavy atom. The van der Waals surface area contributed by atoms with Crippen molar-refractivity contribution in [2.24, 2.45) is 10.8 Å². The van der Waals surface area contributed by atoms with Gasteiger partial charge in [0, 0.05) is 13.2 Å². The van der Waals surface area contributed by atoms with Gasteiger partial charge in [-0.25, -0.2) is 0 Å². The van der Waals surface area contributed by atoms with Gasteiger partial charge in [0.2, 0.25) is 0 Å². The largest absolute Gasteiger partial charge is 0.396 e. The normalized spacial score (nSPS) is 12.0. The SMILES string of the molecule is CC(C)(C)CCO.CC(C)(C)CCO. The lowest BCUT2D eigenvalue weighted by Crippen LogP contribution is -2.06. The van der Waals surface area contributed by atoms with E-state index in [-0.39, 0.29) is 0 Å². The molecule has 0 aromatic carbocycles. The summed E-state index contributed by atoms with van der Waals surface area (Å²) in [5, 5.41) is 16.8. The van der Waals surface area contributed by atoms with E-state index in [1.54, 1.807) is 0 Å². The van der Waals surface area contributed by atoms with Gasteiger partial charge in [0.05, 0.1) is 0 Å². The van der Waals surface area contributed by atoms with Crippen LogP contribution in [0.1, 0.15) is 54.4 Å². The average molecular weight is 204 g/mol. The molecular formula is C12H28O2. The number of hydrogen-bond donors (Lipinski definition) is 2. The molecule has 0 radical (unpaired) electrons. The van der Waals surface area contributed by atoms with Gasteiger partial charge in [-0.1, -0.05) is 41.5 Å². The first-order chi connectivity index (χ1) is 6.12. The summed E-state index contributed by atoms with van der Waals surface area (Å²) in [6.45, 7) is 13.3. The lowest BCUT2D eigenvalue weighted by Gasteiger charge is -2.14. The third-order valence-electron chi connectivity index (χ3n) is 1.72. The summed E-state index contributed by atoms with van der Waals surface area (Å²) in [4.78, 5) is 0. The zero-order valence-corrected chi connectivity index (χ0v) is 10.7. The van der Waals surface area contributed by atoms with E-state index in [9.17, 15) is 0 Å². The highest BCUT2D eigenvalue weighted by Gasteiger charge is 2.07. The number of rotatable bonds is 2. The maximum Gasteiger partial charge on any atom is 0.0436 e. The molecule has 0 amide bonds. The van der Waals surface area contributed by atoms with Crippen LogP contribution in [0.25, 0.3) is 0 Å². The van der Waals surface area contributed by atoms with E-state index < -0.39 is 0 Å². The van der Waals surface area contributed by atoms with Crippen LogP contribution in [0.4, 0.5) is 0 Å². The molecule has 0 atom stereocenters. The van der Waals surface area contributed by atoms with E-state index in [2.05, 4.69) is 41.5 Å². The van der Waals surface area contributed by atoms with Gasteiger partial charge in [-0.05, 0) is 23.7 Å². The molecule has 0 aromatic rings. The van der Waals surface area contributed by atoms with Crippen molar-refractivity contribution in [2.75, 3.05) is 13.2 Å². The van der Waals surface area contributed by atoms with Crippen molar-refractivity contribution >= 4 is 0 Å². The van der Waals surface area contributed by atoms with Crippen LogP contribution in [0, 0.1) is 10.8 Å². The Bertz CT molecular complexity index is 101. The molecule has 0 spiro atoms. The quantitative estimate of drug-likeness (QED) is 0.726. The molecular weight excluding hydrogens is 176 g/mol. The maximum absolute atomic E-state index is 8.40. The number of aliphatic hydroxyl groups excluding tert-OH is 2. The zero-order valence-electron chi connectivity index (χ0n) is 10.7. The van der Waals surface area contributed by atoms with Crippen LogP contribution in [0.5, 0.6) is 0 Å². The van der Waals surface area contributed by atoms with Crippen LogP contribution in [0.3, 0.4) is 0 Å². The Kier molecular flexibility index (Phi) is 8.46. The van der Waals surface area contributed by atoms with E-state index in [0.29, 0.717) is 24.0 Å². The van der Waals surface area contributed by atoms with E-state index in [4.69, 9.17) is 10.2 Å². The first kappa shape index (κ1) is 16.4. The maximum atomic E-state index is 8.40. The molecule has 0 fully saturated rings. The lowest BCUT2D eigenvalue weighted by atomic mass is 9.93. The minimum absolute atomic E-state index is 0.300. The Morgan fingerprint density at radius 1 is 0.643 bits per heavy atom. The molecule has 88 valence electrons. The third-order valence-corrected chi connectivity index (χ3v) is 1.72. The zero-order chi connectivity index (χ0) is 11.8. The summed E-state index contributed by atoms with van der Waals surface area (Å²) in [5.74, 6) is 0. The van der Waals surface area contributed by atoms with E-state index in [0.717, 1.165) is 12.8 Å². The van der Waals surface area contributed by atoms with Crippen molar-refractivity contribution in [3.63, 3.8) is 0 Å². The first-order valence-corrected chi connectivity index (χ1v) is 5.34. The third kappa shape index (κ3) is 22.7. The Balaban J connectivity index is 0. The van der Waals surface area contributed by atoms with Crippen molar-refractivity contribution in [1.82, 2.24) is 0 Å². The Hall–Kier alpha value is -0.0800. The summed E-state index contributed by atoms with van der Waals surface area (Å²) in [7, 11) is 0. The first-order valence-electron chi connectivity index (χ1n) is 5.34. The molecule has 0 aliphatic carbocycles. The Labute approximate surface area is 89.3 Å². The average Bonchev–Trinajstić information content (AvgIpc) is 1.81. The van der Waals surface area contributed by atoms with Gasteiger partial charge in [0.25, 0.3) is 0 Å². The van der Waals surface area contributed by atoms with Gasteiger partial charge < -0.3 is 10.2 Å². The molecule has 0 aromatic heterocycles. The van der Waals surface area contributed by atoms with E-state index in [1.165, 1.54) is 0 Å². The van der Waals surface area contributed by atoms with Crippen molar-refractivity contribution in [3.8, 4) is 0 Å². The fourth-order valence-corrected chi connectivity index (χ4v) is 0.671. The summed E-state index contributed by atoms with van der Waals surface area (Å²) in [6, 6.07) is 0.